The van der Waals surface area contributed by atoms with Crippen LogP contribution in [0.1, 0.15) is 42.9 Å². The van der Waals surface area contributed by atoms with E-state index in [0.717, 1.165) is 21.9 Å². The first-order valence-electron chi connectivity index (χ1n) is 12.9. The van der Waals surface area contributed by atoms with Crippen molar-refractivity contribution in [2.24, 2.45) is 0 Å². The second kappa shape index (κ2) is 11.6. The number of nitrogens with one attached hydrogen (secondary N) is 1. The molecule has 1 aliphatic carbocycles. The molecule has 0 bridgehead atoms. The Morgan fingerprint density at radius 2 is 1.90 bits per heavy atom. The van der Waals surface area contributed by atoms with E-state index >= 15 is 0 Å². The number of carbonyl (C=O) groups is 3. The topological polar surface area (TPSA) is 106 Å². The van der Waals surface area contributed by atoms with Crippen LogP contribution in [-0.2, 0) is 14.4 Å². The number of alkyl halides is 2. The highest BCUT2D eigenvalue weighted by atomic mass is 35.5. The summed E-state index contributed by atoms with van der Waals surface area (Å²) >= 11 is 12.6. The summed E-state index contributed by atoms with van der Waals surface area (Å²) in [7, 11) is 0. The van der Waals surface area contributed by atoms with Gasteiger partial charge in [0, 0.05) is 52.8 Å². The van der Waals surface area contributed by atoms with Crippen LogP contribution in [0.15, 0.2) is 60.8 Å². The van der Waals surface area contributed by atoms with Gasteiger partial charge in [0.1, 0.15) is 23.7 Å². The molecule has 3 amide bonds. The van der Waals surface area contributed by atoms with Gasteiger partial charge in [-0.15, -0.1) is 0 Å². The van der Waals surface area contributed by atoms with Crippen LogP contribution in [-0.4, -0.2) is 40.7 Å². The van der Waals surface area contributed by atoms with E-state index in [4.69, 9.17) is 23.2 Å². The van der Waals surface area contributed by atoms with Gasteiger partial charge in [-0.05, 0) is 48.9 Å². The summed E-state index contributed by atoms with van der Waals surface area (Å²) in [6.07, 6.45) is 0.142. The second-order valence-electron chi connectivity index (χ2n) is 10.1. The molecule has 1 N–H and O–H groups in total. The Hall–Kier alpha value is -4.14. The van der Waals surface area contributed by atoms with Gasteiger partial charge in [0.15, 0.2) is 0 Å². The highest BCUT2D eigenvalue weighted by molar-refractivity contribution is 6.35. The molecular formula is C29H22Cl2F3N5O3. The summed E-state index contributed by atoms with van der Waals surface area (Å²) in [6, 6.07) is 10.3. The minimum Gasteiger partial charge on any atom is -0.351 e. The van der Waals surface area contributed by atoms with E-state index in [1.807, 2.05) is 6.07 Å². The smallest absolute Gasteiger partial charge is 0.252 e. The lowest BCUT2D eigenvalue weighted by molar-refractivity contribution is -0.133. The van der Waals surface area contributed by atoms with E-state index in [1.165, 1.54) is 48.7 Å². The van der Waals surface area contributed by atoms with Crippen molar-refractivity contribution in [3.63, 3.8) is 0 Å². The Labute approximate surface area is 248 Å². The molecule has 1 aliphatic heterocycles. The third-order valence-corrected chi connectivity index (χ3v) is 7.70. The van der Waals surface area contributed by atoms with E-state index in [9.17, 15) is 32.8 Å². The van der Waals surface area contributed by atoms with Crippen LogP contribution in [0.4, 0.5) is 24.7 Å². The maximum atomic E-state index is 14.5. The number of benzene rings is 2. The first kappa shape index (κ1) is 29.4. The minimum atomic E-state index is -2.93. The number of rotatable bonds is 7. The molecule has 2 aliphatic rings. The molecule has 1 saturated carbocycles. The number of amides is 3. The normalized spacial score (nSPS) is 18.6. The third kappa shape index (κ3) is 5.91. The second-order valence-corrected chi connectivity index (χ2v) is 10.9. The quantitative estimate of drug-likeness (QED) is 0.373. The molecule has 5 rings (SSSR count). The molecule has 2 atom stereocenters. The Bertz CT molecular complexity index is 1610. The van der Waals surface area contributed by atoms with Crippen LogP contribution in [0.2, 0.25) is 10.0 Å². The summed E-state index contributed by atoms with van der Waals surface area (Å²) < 4.78 is 41.8. The molecule has 1 saturated heterocycles. The van der Waals surface area contributed by atoms with Crippen molar-refractivity contribution in [2.45, 2.75) is 49.7 Å². The average molecular weight is 616 g/mol. The Balaban J connectivity index is 1.62. The average Bonchev–Trinajstić information content (AvgIpc) is 3.32. The number of halogens is 5. The largest absolute Gasteiger partial charge is 0.351 e. The third-order valence-electron chi connectivity index (χ3n) is 7.14. The molecule has 2 heterocycles. The van der Waals surface area contributed by atoms with Gasteiger partial charge in [-0.3, -0.25) is 24.2 Å². The van der Waals surface area contributed by atoms with Crippen LogP contribution >= 0.6 is 23.2 Å². The van der Waals surface area contributed by atoms with Gasteiger partial charge in [0.25, 0.3) is 11.8 Å². The number of pyridine rings is 1. The van der Waals surface area contributed by atoms with Gasteiger partial charge in [-0.2, -0.15) is 5.26 Å². The summed E-state index contributed by atoms with van der Waals surface area (Å²) in [5, 5.41) is 12.1. The predicted octanol–water partition coefficient (Wildman–Crippen LogP) is 5.58. The van der Waals surface area contributed by atoms with E-state index in [0.29, 0.717) is 0 Å². The molecule has 3 aromatic rings. The SMILES string of the molecule is N#Cc1ccnc(N2C(=O)CC[C@H]2C(=O)N(c2cccc(F)c2)[C@H](C(=O)NC2CC(F)(F)C2)c2ccc(Cl)cc2Cl)c1. The number of hydrogen-bond donors (Lipinski definition) is 1. The number of nitriles is 1. The monoisotopic (exact) mass is 615 g/mol. The van der Waals surface area contributed by atoms with E-state index in [-0.39, 0.29) is 45.5 Å². The van der Waals surface area contributed by atoms with E-state index in [2.05, 4.69) is 10.3 Å². The Morgan fingerprint density at radius 3 is 2.57 bits per heavy atom. The molecule has 0 spiro atoms. The fourth-order valence-electron chi connectivity index (χ4n) is 5.18. The molecule has 42 heavy (non-hydrogen) atoms. The molecule has 13 heteroatoms. The molecule has 0 radical (unpaired) electrons. The number of nitrogens with zero attached hydrogens (tertiary/aromatic N) is 4. The number of hydrogen-bond acceptors (Lipinski definition) is 5. The first-order chi connectivity index (χ1) is 20.0. The zero-order valence-electron chi connectivity index (χ0n) is 21.7. The highest BCUT2D eigenvalue weighted by Crippen LogP contribution is 2.40. The van der Waals surface area contributed by atoms with Crippen molar-refractivity contribution in [2.75, 3.05) is 9.80 Å². The standard InChI is InChI=1S/C29H22Cl2F3N5O3/c30-17-4-5-21(22(31)11-17)26(27(41)37-19-13-29(33,34)14-19)38(20-3-1-2-18(32)12-20)28(42)23-6-7-25(40)39(23)24-10-16(15-35)8-9-36-24/h1-5,8-12,19,23,26H,6-7,13-14H2,(H,37,41)/t23-,26-/m0/s1. The zero-order valence-corrected chi connectivity index (χ0v) is 23.2. The first-order valence-corrected chi connectivity index (χ1v) is 13.6. The van der Waals surface area contributed by atoms with Gasteiger partial charge in [-0.25, -0.2) is 18.2 Å². The fourth-order valence-corrected chi connectivity index (χ4v) is 5.69. The van der Waals surface area contributed by atoms with Crippen molar-refractivity contribution in [3.8, 4) is 6.07 Å². The summed E-state index contributed by atoms with van der Waals surface area (Å²) in [5.41, 5.74) is 0.265. The van der Waals surface area contributed by atoms with Crippen LogP contribution in [0.5, 0.6) is 0 Å². The van der Waals surface area contributed by atoms with Crippen LogP contribution in [0.25, 0.3) is 0 Å². The molecule has 2 fully saturated rings. The van der Waals surface area contributed by atoms with Gasteiger partial charge >= 0.3 is 0 Å². The van der Waals surface area contributed by atoms with Gasteiger partial charge in [-0.1, -0.05) is 35.3 Å². The van der Waals surface area contributed by atoms with Crippen molar-refractivity contribution in [3.05, 3.63) is 87.8 Å². The van der Waals surface area contributed by atoms with Crippen LogP contribution < -0.4 is 15.1 Å². The molecular weight excluding hydrogens is 594 g/mol. The van der Waals surface area contributed by atoms with Crippen molar-refractivity contribution in [1.29, 1.82) is 5.26 Å². The summed E-state index contributed by atoms with van der Waals surface area (Å²) in [5.74, 6) is -5.65. The number of anilines is 2. The van der Waals surface area contributed by atoms with E-state index < -0.39 is 60.4 Å². The van der Waals surface area contributed by atoms with Crippen molar-refractivity contribution < 1.29 is 27.6 Å². The van der Waals surface area contributed by atoms with E-state index in [1.54, 1.807) is 0 Å². The van der Waals surface area contributed by atoms with Crippen LogP contribution in [0.3, 0.4) is 0 Å². The summed E-state index contributed by atoms with van der Waals surface area (Å²) in [6.45, 7) is 0. The lowest BCUT2D eigenvalue weighted by Gasteiger charge is -2.39. The van der Waals surface area contributed by atoms with Crippen LogP contribution in [0, 0.1) is 17.1 Å². The predicted molar refractivity (Wildman–Crippen MR) is 149 cm³/mol. The Kier molecular flexibility index (Phi) is 8.12. The highest BCUT2D eigenvalue weighted by Gasteiger charge is 2.48. The van der Waals surface area contributed by atoms with Gasteiger partial charge < -0.3 is 5.32 Å². The Morgan fingerprint density at radius 1 is 1.14 bits per heavy atom. The minimum absolute atomic E-state index is 0.00136. The van der Waals surface area contributed by atoms with Gasteiger partial charge in [0.05, 0.1) is 11.6 Å². The maximum absolute atomic E-state index is 14.5. The van der Waals surface area contributed by atoms with Gasteiger partial charge in [0.2, 0.25) is 11.8 Å². The van der Waals surface area contributed by atoms with Crippen molar-refractivity contribution in [1.82, 2.24) is 10.3 Å². The molecule has 0 unspecified atom stereocenters. The fraction of sp³-hybridized carbons (Fsp3) is 0.276. The molecule has 8 nitrogen and oxygen atoms in total. The number of carbonyl (C=O) groups excluding carboxylic acids is 3. The van der Waals surface area contributed by atoms with Crippen molar-refractivity contribution >= 4 is 52.4 Å². The zero-order chi connectivity index (χ0) is 30.2. The summed E-state index contributed by atoms with van der Waals surface area (Å²) in [4.78, 5) is 47.6. The lowest BCUT2D eigenvalue weighted by atomic mass is 9.87. The molecule has 2 aromatic carbocycles. The molecule has 216 valence electrons. The molecule has 1 aromatic heterocycles. The number of aromatic nitrogens is 1. The lowest BCUT2D eigenvalue weighted by Crippen LogP contribution is -2.56. The maximum Gasteiger partial charge on any atom is 0.252 e.